The fourth-order valence-electron chi connectivity index (χ4n) is 1.81. The lowest BCUT2D eigenvalue weighted by Crippen LogP contribution is -2.39. The summed E-state index contributed by atoms with van der Waals surface area (Å²) in [6.07, 6.45) is 0.974. The molecule has 0 aliphatic carbocycles. The zero-order valence-corrected chi connectivity index (χ0v) is 11.7. The molecule has 0 aromatic heterocycles. The number of ether oxygens (including phenoxy) is 1. The smallest absolute Gasteiger partial charge is 0.319 e. The van der Waals surface area contributed by atoms with Crippen molar-refractivity contribution in [3.63, 3.8) is 0 Å². The van der Waals surface area contributed by atoms with Crippen molar-refractivity contribution < 1.29 is 24.2 Å². The molecule has 104 valence electrons. The maximum atomic E-state index is 11.9. The minimum absolute atomic E-state index is 0.147. The Balaban J connectivity index is 5.12. The molecule has 0 spiro atoms. The number of aliphatic carboxylic acids is 1. The van der Waals surface area contributed by atoms with Crippen LogP contribution in [0, 0.1) is 10.8 Å². The quantitative estimate of drug-likeness (QED) is 0.584. The van der Waals surface area contributed by atoms with Gasteiger partial charge in [-0.2, -0.15) is 0 Å². The fourth-order valence-corrected chi connectivity index (χ4v) is 1.81. The number of carbonyl (C=O) groups is 3. The summed E-state index contributed by atoms with van der Waals surface area (Å²) in [7, 11) is 0. The molecule has 18 heavy (non-hydrogen) atoms. The molecule has 0 heterocycles. The summed E-state index contributed by atoms with van der Waals surface area (Å²) in [6.45, 7) is 7.93. The van der Waals surface area contributed by atoms with Crippen LogP contribution in [0.2, 0.25) is 0 Å². The first-order chi connectivity index (χ1) is 8.11. The van der Waals surface area contributed by atoms with Crippen LogP contribution in [0.3, 0.4) is 0 Å². The first-order valence-electron chi connectivity index (χ1n) is 6.07. The Morgan fingerprint density at radius 3 is 1.78 bits per heavy atom. The first kappa shape index (κ1) is 16.6. The molecule has 0 bridgehead atoms. The average Bonchev–Trinajstić information content (AvgIpc) is 2.27. The van der Waals surface area contributed by atoms with Gasteiger partial charge in [0.15, 0.2) is 0 Å². The lowest BCUT2D eigenvalue weighted by Gasteiger charge is -2.33. The van der Waals surface area contributed by atoms with Gasteiger partial charge < -0.3 is 9.84 Å². The minimum atomic E-state index is -0.999. The molecule has 0 saturated carbocycles. The minimum Gasteiger partial charge on any atom is -0.481 e. The molecule has 0 amide bonds. The van der Waals surface area contributed by atoms with Crippen molar-refractivity contribution in [3.05, 3.63) is 0 Å². The largest absolute Gasteiger partial charge is 0.481 e. The van der Waals surface area contributed by atoms with Gasteiger partial charge in [0.1, 0.15) is 0 Å². The second kappa shape index (κ2) is 5.98. The van der Waals surface area contributed by atoms with Gasteiger partial charge in [0.25, 0.3) is 0 Å². The summed E-state index contributed by atoms with van der Waals surface area (Å²) in [6, 6.07) is 0. The number of esters is 2. The topological polar surface area (TPSA) is 80.7 Å². The van der Waals surface area contributed by atoms with E-state index in [1.54, 1.807) is 27.7 Å². The van der Waals surface area contributed by atoms with Crippen LogP contribution < -0.4 is 0 Å². The third kappa shape index (κ3) is 3.82. The second-order valence-corrected chi connectivity index (χ2v) is 5.19. The van der Waals surface area contributed by atoms with E-state index in [0.717, 1.165) is 6.92 Å². The molecule has 2 unspecified atom stereocenters. The molecular weight excluding hydrogens is 236 g/mol. The molecule has 2 atom stereocenters. The molecule has 0 aromatic rings. The fraction of sp³-hybridized carbons (Fsp3) is 0.769. The maximum absolute atomic E-state index is 11.9. The van der Waals surface area contributed by atoms with Crippen molar-refractivity contribution in [2.24, 2.45) is 10.8 Å². The zero-order chi connectivity index (χ0) is 14.6. The predicted molar refractivity (Wildman–Crippen MR) is 65.8 cm³/mol. The van der Waals surface area contributed by atoms with Gasteiger partial charge in [-0.1, -0.05) is 13.8 Å². The van der Waals surface area contributed by atoms with E-state index in [0.29, 0.717) is 12.8 Å². The molecule has 0 aromatic carbocycles. The van der Waals surface area contributed by atoms with Crippen molar-refractivity contribution in [1.82, 2.24) is 0 Å². The molecule has 0 aliphatic heterocycles. The highest BCUT2D eigenvalue weighted by Crippen LogP contribution is 2.40. The molecule has 0 aliphatic rings. The number of hydrogen-bond donors (Lipinski definition) is 1. The highest BCUT2D eigenvalue weighted by atomic mass is 16.6. The van der Waals surface area contributed by atoms with Gasteiger partial charge >= 0.3 is 17.9 Å². The van der Waals surface area contributed by atoms with Crippen molar-refractivity contribution >= 4 is 17.9 Å². The van der Waals surface area contributed by atoms with Crippen LogP contribution in [0.1, 0.15) is 53.9 Å². The highest BCUT2D eigenvalue weighted by molar-refractivity contribution is 5.88. The normalized spacial score (nSPS) is 17.4. The summed E-state index contributed by atoms with van der Waals surface area (Å²) in [5.74, 6) is -2.27. The lowest BCUT2D eigenvalue weighted by molar-refractivity contribution is -0.168. The van der Waals surface area contributed by atoms with E-state index >= 15 is 0 Å². The summed E-state index contributed by atoms with van der Waals surface area (Å²) < 4.78 is 4.61. The molecule has 0 saturated heterocycles. The van der Waals surface area contributed by atoms with Crippen LogP contribution in [0.4, 0.5) is 0 Å². The van der Waals surface area contributed by atoms with Gasteiger partial charge in [0.2, 0.25) is 0 Å². The van der Waals surface area contributed by atoms with Gasteiger partial charge in [-0.05, 0) is 33.1 Å². The Kier molecular flexibility index (Phi) is 5.52. The highest BCUT2D eigenvalue weighted by Gasteiger charge is 2.44. The monoisotopic (exact) mass is 258 g/mol. The third-order valence-electron chi connectivity index (χ3n) is 3.59. The standard InChI is InChI=1S/C13H22O5/c1-6-12(4,10(15)16)8-13(5,7-2)11(17)18-9(3)14/h6-8H2,1-5H3,(H,15,16). The van der Waals surface area contributed by atoms with Crippen molar-refractivity contribution in [3.8, 4) is 0 Å². The van der Waals surface area contributed by atoms with E-state index in [9.17, 15) is 19.5 Å². The number of carbonyl (C=O) groups excluding carboxylic acids is 2. The number of carboxylic acid groups (broad SMARTS) is 1. The molecule has 0 rings (SSSR count). The summed E-state index contributed by atoms with van der Waals surface area (Å²) in [5.41, 5.74) is -1.96. The maximum Gasteiger partial charge on any atom is 0.319 e. The second-order valence-electron chi connectivity index (χ2n) is 5.19. The van der Waals surface area contributed by atoms with Gasteiger partial charge in [-0.3, -0.25) is 14.4 Å². The molecule has 1 N–H and O–H groups in total. The molecule has 5 heteroatoms. The molecular formula is C13H22O5. The lowest BCUT2D eigenvalue weighted by atomic mass is 9.70. The summed E-state index contributed by atoms with van der Waals surface area (Å²) >= 11 is 0. The van der Waals surface area contributed by atoms with Gasteiger partial charge in [0.05, 0.1) is 10.8 Å². The Morgan fingerprint density at radius 1 is 1.06 bits per heavy atom. The zero-order valence-electron chi connectivity index (χ0n) is 11.7. The van der Waals surface area contributed by atoms with Crippen LogP contribution in [0.15, 0.2) is 0 Å². The van der Waals surface area contributed by atoms with Crippen molar-refractivity contribution in [1.29, 1.82) is 0 Å². The van der Waals surface area contributed by atoms with E-state index in [1.807, 2.05) is 0 Å². The Hall–Kier alpha value is -1.39. The van der Waals surface area contributed by atoms with E-state index in [-0.39, 0.29) is 6.42 Å². The molecule has 0 radical (unpaired) electrons. The first-order valence-corrected chi connectivity index (χ1v) is 6.07. The van der Waals surface area contributed by atoms with E-state index in [2.05, 4.69) is 4.74 Å². The summed E-state index contributed by atoms with van der Waals surface area (Å²) in [4.78, 5) is 34.0. The van der Waals surface area contributed by atoms with E-state index in [1.165, 1.54) is 0 Å². The predicted octanol–water partition coefficient (Wildman–Crippen LogP) is 2.38. The van der Waals surface area contributed by atoms with E-state index in [4.69, 9.17) is 0 Å². The van der Waals surface area contributed by atoms with Crippen molar-refractivity contribution in [2.75, 3.05) is 0 Å². The van der Waals surface area contributed by atoms with Gasteiger partial charge in [0, 0.05) is 6.92 Å². The molecule has 0 fully saturated rings. The SMILES string of the molecule is CCC(C)(CC(C)(CC)C(=O)OC(C)=O)C(=O)O. The van der Waals surface area contributed by atoms with E-state index < -0.39 is 28.7 Å². The molecule has 5 nitrogen and oxygen atoms in total. The van der Waals surface area contributed by atoms with Gasteiger partial charge in [-0.25, -0.2) is 0 Å². The van der Waals surface area contributed by atoms with Crippen LogP contribution in [-0.2, 0) is 19.1 Å². The Morgan fingerprint density at radius 2 is 1.50 bits per heavy atom. The van der Waals surface area contributed by atoms with Gasteiger partial charge in [-0.15, -0.1) is 0 Å². The number of carboxylic acids is 1. The number of hydrogen-bond acceptors (Lipinski definition) is 4. The average molecular weight is 258 g/mol. The summed E-state index contributed by atoms with van der Waals surface area (Å²) in [5, 5.41) is 9.24. The van der Waals surface area contributed by atoms with Crippen LogP contribution in [-0.4, -0.2) is 23.0 Å². The van der Waals surface area contributed by atoms with Crippen LogP contribution in [0.25, 0.3) is 0 Å². The van der Waals surface area contributed by atoms with Crippen LogP contribution in [0.5, 0.6) is 0 Å². The van der Waals surface area contributed by atoms with Crippen molar-refractivity contribution in [2.45, 2.75) is 53.9 Å². The Bertz CT molecular complexity index is 349. The third-order valence-corrected chi connectivity index (χ3v) is 3.59. The van der Waals surface area contributed by atoms with Crippen LogP contribution >= 0.6 is 0 Å². The number of rotatable bonds is 6. The Labute approximate surface area is 108 Å².